The topological polar surface area (TPSA) is 85.1 Å². The number of hydrogen-bond acceptors (Lipinski definition) is 7. The molecule has 0 saturated heterocycles. The normalized spacial score (nSPS) is 10.2. The molecule has 20 heavy (non-hydrogen) atoms. The van der Waals surface area contributed by atoms with Crippen molar-refractivity contribution in [2.45, 2.75) is 5.16 Å². The Morgan fingerprint density at radius 1 is 1.25 bits per heavy atom. The van der Waals surface area contributed by atoms with Crippen LogP contribution in [0.3, 0.4) is 0 Å². The maximum absolute atomic E-state index is 5.40. The largest absolute Gasteiger partial charge is 0.496 e. The first-order valence-electron chi connectivity index (χ1n) is 5.66. The van der Waals surface area contributed by atoms with Crippen LogP contribution in [0, 0.1) is 0 Å². The van der Waals surface area contributed by atoms with Gasteiger partial charge in [-0.25, -0.2) is 15.8 Å². The van der Waals surface area contributed by atoms with Crippen LogP contribution in [0.25, 0.3) is 0 Å². The maximum Gasteiger partial charge on any atom is 0.191 e. The molecule has 0 fully saturated rings. The van der Waals surface area contributed by atoms with Crippen LogP contribution in [0.5, 0.6) is 5.75 Å². The van der Waals surface area contributed by atoms with Gasteiger partial charge in [0, 0.05) is 11.8 Å². The van der Waals surface area contributed by atoms with E-state index < -0.39 is 0 Å². The zero-order chi connectivity index (χ0) is 14.5. The molecule has 0 unspecified atom stereocenters. The van der Waals surface area contributed by atoms with Crippen molar-refractivity contribution in [3.05, 3.63) is 28.7 Å². The Balaban J connectivity index is 2.27. The summed E-state index contributed by atoms with van der Waals surface area (Å²) in [5.41, 5.74) is 3.40. The monoisotopic (exact) mass is 355 g/mol. The van der Waals surface area contributed by atoms with Gasteiger partial charge in [-0.05, 0) is 40.4 Å². The highest BCUT2D eigenvalue weighted by Gasteiger charge is 2.06. The third kappa shape index (κ3) is 3.53. The molecule has 1 aromatic heterocycles. The third-order valence-electron chi connectivity index (χ3n) is 2.46. The number of benzene rings is 1. The number of hydrazine groups is 1. The lowest BCUT2D eigenvalue weighted by Gasteiger charge is -2.10. The number of aromatic nitrogens is 2. The molecule has 0 spiro atoms. The van der Waals surface area contributed by atoms with E-state index in [1.807, 2.05) is 24.5 Å². The first-order valence-corrected chi connectivity index (χ1v) is 7.68. The Labute approximate surface area is 129 Å². The van der Waals surface area contributed by atoms with Gasteiger partial charge in [0.2, 0.25) is 0 Å². The van der Waals surface area contributed by atoms with Crippen molar-refractivity contribution in [2.75, 3.05) is 24.1 Å². The van der Waals surface area contributed by atoms with E-state index in [0.717, 1.165) is 15.9 Å². The van der Waals surface area contributed by atoms with Crippen molar-refractivity contribution in [2.24, 2.45) is 5.84 Å². The number of ether oxygens (including phenoxy) is 1. The fraction of sp³-hybridized carbons (Fsp3) is 0.167. The van der Waals surface area contributed by atoms with Gasteiger partial charge in [0.25, 0.3) is 0 Å². The Kier molecular flexibility index (Phi) is 5.05. The Morgan fingerprint density at radius 2 is 2.00 bits per heavy atom. The molecule has 0 aliphatic rings. The van der Waals surface area contributed by atoms with Crippen molar-refractivity contribution in [1.29, 1.82) is 0 Å². The van der Waals surface area contributed by atoms with Gasteiger partial charge in [0.05, 0.1) is 11.6 Å². The van der Waals surface area contributed by atoms with Crippen LogP contribution in [-0.4, -0.2) is 23.3 Å². The number of nitrogens with zero attached hydrogens (tertiary/aromatic N) is 2. The molecule has 8 heteroatoms. The van der Waals surface area contributed by atoms with E-state index in [1.165, 1.54) is 11.8 Å². The molecule has 2 rings (SSSR count). The van der Waals surface area contributed by atoms with Crippen molar-refractivity contribution < 1.29 is 4.74 Å². The second-order valence-corrected chi connectivity index (χ2v) is 5.37. The number of halogens is 1. The van der Waals surface area contributed by atoms with E-state index in [0.29, 0.717) is 16.8 Å². The predicted molar refractivity (Wildman–Crippen MR) is 85.6 cm³/mol. The maximum atomic E-state index is 5.40. The Morgan fingerprint density at radius 3 is 2.60 bits per heavy atom. The van der Waals surface area contributed by atoms with E-state index in [-0.39, 0.29) is 0 Å². The van der Waals surface area contributed by atoms with Gasteiger partial charge in [-0.2, -0.15) is 0 Å². The molecule has 0 amide bonds. The Hall–Kier alpha value is -1.51. The van der Waals surface area contributed by atoms with Crippen molar-refractivity contribution in [3.8, 4) is 5.75 Å². The van der Waals surface area contributed by atoms with Gasteiger partial charge in [0.15, 0.2) is 5.16 Å². The molecule has 4 N–H and O–H groups in total. The van der Waals surface area contributed by atoms with Gasteiger partial charge in [-0.15, -0.1) is 0 Å². The number of nitrogens with two attached hydrogens (primary N) is 1. The number of nitrogen functional groups attached to an aromatic ring is 1. The summed E-state index contributed by atoms with van der Waals surface area (Å²) in [6, 6.07) is 7.41. The van der Waals surface area contributed by atoms with Gasteiger partial charge < -0.3 is 15.5 Å². The molecule has 0 aliphatic heterocycles. The second-order valence-electron chi connectivity index (χ2n) is 3.74. The average molecular weight is 356 g/mol. The standard InChI is InChI=1S/C12H14BrN5OS/c1-19-9-4-3-7(5-8(9)13)15-10-6-11(18-14)17-12(16-10)20-2/h3-6H,14H2,1-2H3,(H2,15,16,17,18). The van der Waals surface area contributed by atoms with Crippen LogP contribution in [0.15, 0.2) is 33.9 Å². The summed E-state index contributed by atoms with van der Waals surface area (Å²) >= 11 is 4.89. The van der Waals surface area contributed by atoms with Crippen LogP contribution in [-0.2, 0) is 0 Å². The summed E-state index contributed by atoms with van der Waals surface area (Å²) in [5.74, 6) is 7.38. The highest BCUT2D eigenvalue weighted by molar-refractivity contribution is 9.10. The molecular weight excluding hydrogens is 342 g/mol. The molecule has 1 aromatic carbocycles. The molecule has 2 aromatic rings. The lowest BCUT2D eigenvalue weighted by Crippen LogP contribution is -2.10. The van der Waals surface area contributed by atoms with E-state index in [2.05, 4.69) is 36.6 Å². The molecule has 0 bridgehead atoms. The van der Waals surface area contributed by atoms with Crippen molar-refractivity contribution in [1.82, 2.24) is 9.97 Å². The fourth-order valence-corrected chi connectivity index (χ4v) is 2.47. The third-order valence-corrected chi connectivity index (χ3v) is 3.63. The minimum Gasteiger partial charge on any atom is -0.496 e. The summed E-state index contributed by atoms with van der Waals surface area (Å²) < 4.78 is 6.06. The van der Waals surface area contributed by atoms with E-state index >= 15 is 0 Å². The first kappa shape index (κ1) is 14.9. The van der Waals surface area contributed by atoms with E-state index in [4.69, 9.17) is 10.6 Å². The molecule has 106 valence electrons. The highest BCUT2D eigenvalue weighted by Crippen LogP contribution is 2.29. The molecule has 6 nitrogen and oxygen atoms in total. The fourth-order valence-electron chi connectivity index (χ4n) is 1.55. The first-order chi connectivity index (χ1) is 9.66. The van der Waals surface area contributed by atoms with Crippen LogP contribution in [0.4, 0.5) is 17.3 Å². The van der Waals surface area contributed by atoms with Gasteiger partial charge >= 0.3 is 0 Å². The van der Waals surface area contributed by atoms with E-state index in [1.54, 1.807) is 13.2 Å². The zero-order valence-corrected chi connectivity index (χ0v) is 13.4. The molecule has 0 atom stereocenters. The van der Waals surface area contributed by atoms with Gasteiger partial charge in [-0.1, -0.05) is 11.8 Å². The summed E-state index contributed by atoms with van der Waals surface area (Å²) in [5, 5.41) is 3.83. The zero-order valence-electron chi connectivity index (χ0n) is 11.0. The number of rotatable bonds is 5. The average Bonchev–Trinajstić information content (AvgIpc) is 2.47. The minimum absolute atomic E-state index is 0.555. The molecule has 0 aliphatic carbocycles. The van der Waals surface area contributed by atoms with Gasteiger partial charge in [0.1, 0.15) is 17.4 Å². The molecular formula is C12H14BrN5OS. The summed E-state index contributed by atoms with van der Waals surface area (Å²) in [7, 11) is 1.63. The number of thioether (sulfide) groups is 1. The lowest BCUT2D eigenvalue weighted by atomic mass is 10.3. The summed E-state index contributed by atoms with van der Waals surface area (Å²) in [6.45, 7) is 0. The lowest BCUT2D eigenvalue weighted by molar-refractivity contribution is 0.412. The SMILES string of the molecule is COc1ccc(Nc2cc(NN)nc(SC)n2)cc1Br. The smallest absolute Gasteiger partial charge is 0.191 e. The van der Waals surface area contributed by atoms with Crippen LogP contribution >= 0.6 is 27.7 Å². The van der Waals surface area contributed by atoms with Crippen LogP contribution < -0.4 is 21.3 Å². The van der Waals surface area contributed by atoms with E-state index in [9.17, 15) is 0 Å². The Bertz CT molecular complexity index is 588. The number of hydrogen-bond donors (Lipinski definition) is 3. The van der Waals surface area contributed by atoms with Crippen molar-refractivity contribution >= 4 is 45.0 Å². The quantitative estimate of drug-likeness (QED) is 0.329. The predicted octanol–water partition coefficient (Wildman–Crippen LogP) is 3.00. The minimum atomic E-state index is 0.555. The highest BCUT2D eigenvalue weighted by atomic mass is 79.9. The summed E-state index contributed by atoms with van der Waals surface area (Å²) in [6.07, 6.45) is 1.91. The number of anilines is 3. The molecule has 0 radical (unpaired) electrons. The molecule has 1 heterocycles. The van der Waals surface area contributed by atoms with Crippen LogP contribution in [0.2, 0.25) is 0 Å². The van der Waals surface area contributed by atoms with Gasteiger partial charge in [-0.3, -0.25) is 0 Å². The number of nitrogens with one attached hydrogen (secondary N) is 2. The molecule has 0 saturated carbocycles. The number of methoxy groups -OCH3 is 1. The summed E-state index contributed by atoms with van der Waals surface area (Å²) in [4.78, 5) is 8.57. The second kappa shape index (κ2) is 6.78. The van der Waals surface area contributed by atoms with Crippen molar-refractivity contribution in [3.63, 3.8) is 0 Å². The van der Waals surface area contributed by atoms with Crippen LogP contribution in [0.1, 0.15) is 0 Å².